The lowest BCUT2D eigenvalue weighted by Crippen LogP contribution is -2.42. The summed E-state index contributed by atoms with van der Waals surface area (Å²) < 4.78 is 13.1. The summed E-state index contributed by atoms with van der Waals surface area (Å²) in [6, 6.07) is 3.02. The van der Waals surface area contributed by atoms with Crippen LogP contribution in [0.5, 0.6) is 0 Å². The van der Waals surface area contributed by atoms with Crippen molar-refractivity contribution in [1.29, 1.82) is 0 Å². The van der Waals surface area contributed by atoms with Crippen molar-refractivity contribution < 1.29 is 24.2 Å². The van der Waals surface area contributed by atoms with Crippen LogP contribution in [0.3, 0.4) is 0 Å². The number of hydrogen-bond donors (Lipinski definition) is 2. The summed E-state index contributed by atoms with van der Waals surface area (Å²) in [6.07, 6.45) is -0.747. The fraction of sp³-hybridized carbons (Fsp3) is 0.385. The maximum atomic E-state index is 13.1. The largest absolute Gasteiger partial charge is 0.481 e. The predicted molar refractivity (Wildman–Crippen MR) is 69.2 cm³/mol. The highest BCUT2D eigenvalue weighted by Crippen LogP contribution is 2.37. The fourth-order valence-electron chi connectivity index (χ4n) is 2.49. The minimum absolute atomic E-state index is 0.104. The molecule has 0 aliphatic carbocycles. The first-order chi connectivity index (χ1) is 9.40. The summed E-state index contributed by atoms with van der Waals surface area (Å²) >= 11 is 5.95. The van der Waals surface area contributed by atoms with E-state index in [9.17, 15) is 19.1 Å². The first kappa shape index (κ1) is 14.6. The van der Waals surface area contributed by atoms with Crippen molar-refractivity contribution in [1.82, 2.24) is 4.90 Å². The van der Waals surface area contributed by atoms with E-state index < -0.39 is 29.8 Å². The van der Waals surface area contributed by atoms with Gasteiger partial charge in [-0.05, 0) is 30.5 Å². The van der Waals surface area contributed by atoms with Gasteiger partial charge in [-0.1, -0.05) is 17.7 Å². The highest BCUT2D eigenvalue weighted by atomic mass is 35.5. The first-order valence-corrected chi connectivity index (χ1v) is 6.45. The normalized spacial score (nSPS) is 22.6. The summed E-state index contributed by atoms with van der Waals surface area (Å²) in [6.45, 7) is 0.116. The van der Waals surface area contributed by atoms with Crippen LogP contribution in [0.1, 0.15) is 24.4 Å². The van der Waals surface area contributed by atoms with E-state index in [0.29, 0.717) is 5.56 Å². The Labute approximate surface area is 119 Å². The molecule has 1 aromatic carbocycles. The van der Waals surface area contributed by atoms with E-state index in [1.807, 2.05) is 0 Å². The molecule has 1 aliphatic rings. The SMILES string of the molecule is O=C(O)C1CCN(C(=O)O)C(c2ccc(F)cc2Cl)C1. The molecule has 2 atom stereocenters. The molecule has 1 aromatic rings. The number of benzene rings is 1. The number of likely N-dealkylation sites (tertiary alicyclic amines) is 1. The number of carbonyl (C=O) groups is 2. The van der Waals surface area contributed by atoms with Crippen molar-refractivity contribution in [3.8, 4) is 0 Å². The lowest BCUT2D eigenvalue weighted by atomic mass is 9.87. The molecule has 5 nitrogen and oxygen atoms in total. The molecule has 0 aromatic heterocycles. The number of aliphatic carboxylic acids is 1. The molecule has 2 N–H and O–H groups in total. The van der Waals surface area contributed by atoms with Gasteiger partial charge in [-0.3, -0.25) is 4.79 Å². The molecule has 0 spiro atoms. The number of piperidine rings is 1. The van der Waals surface area contributed by atoms with E-state index >= 15 is 0 Å². The van der Waals surface area contributed by atoms with Crippen LogP contribution < -0.4 is 0 Å². The molecule has 2 rings (SSSR count). The molecule has 2 unspecified atom stereocenters. The highest BCUT2D eigenvalue weighted by Gasteiger charge is 2.36. The van der Waals surface area contributed by atoms with Crippen LogP contribution in [0.25, 0.3) is 0 Å². The minimum Gasteiger partial charge on any atom is -0.481 e. The van der Waals surface area contributed by atoms with Gasteiger partial charge in [0.15, 0.2) is 0 Å². The predicted octanol–water partition coefficient (Wildman–Crippen LogP) is 2.99. The van der Waals surface area contributed by atoms with Gasteiger partial charge in [0.2, 0.25) is 0 Å². The summed E-state index contributed by atoms with van der Waals surface area (Å²) in [4.78, 5) is 23.5. The number of nitrogens with zero attached hydrogens (tertiary/aromatic N) is 1. The van der Waals surface area contributed by atoms with Gasteiger partial charge in [-0.25, -0.2) is 9.18 Å². The van der Waals surface area contributed by atoms with Gasteiger partial charge in [0.25, 0.3) is 0 Å². The van der Waals surface area contributed by atoms with Crippen LogP contribution in [0.15, 0.2) is 18.2 Å². The molecule has 20 heavy (non-hydrogen) atoms. The van der Waals surface area contributed by atoms with Crippen molar-refractivity contribution in [3.05, 3.63) is 34.6 Å². The Kier molecular flexibility index (Phi) is 4.13. The van der Waals surface area contributed by atoms with Crippen molar-refractivity contribution >= 4 is 23.7 Å². The maximum Gasteiger partial charge on any atom is 0.407 e. The second kappa shape index (κ2) is 5.66. The van der Waals surface area contributed by atoms with Crippen LogP contribution >= 0.6 is 11.6 Å². The number of amides is 1. The number of rotatable bonds is 2. The molecule has 1 amide bonds. The average molecular weight is 302 g/mol. The standard InChI is InChI=1S/C13H13ClFNO4/c14-10-6-8(15)1-2-9(10)11-5-7(12(17)18)3-4-16(11)13(19)20/h1-2,6-7,11H,3-5H2,(H,17,18)(H,19,20). The van der Waals surface area contributed by atoms with E-state index in [1.54, 1.807) is 0 Å². The van der Waals surface area contributed by atoms with Crippen molar-refractivity contribution in [3.63, 3.8) is 0 Å². The van der Waals surface area contributed by atoms with Crippen molar-refractivity contribution in [2.75, 3.05) is 6.54 Å². The Morgan fingerprint density at radius 3 is 2.60 bits per heavy atom. The third-order valence-electron chi connectivity index (χ3n) is 3.52. The van der Waals surface area contributed by atoms with E-state index in [0.717, 1.165) is 11.0 Å². The summed E-state index contributed by atoms with van der Waals surface area (Å²) in [5.41, 5.74) is 0.432. The highest BCUT2D eigenvalue weighted by molar-refractivity contribution is 6.31. The van der Waals surface area contributed by atoms with Gasteiger partial charge in [0.1, 0.15) is 5.82 Å². The van der Waals surface area contributed by atoms with E-state index in [2.05, 4.69) is 0 Å². The third-order valence-corrected chi connectivity index (χ3v) is 3.85. The molecule has 0 bridgehead atoms. The Balaban J connectivity index is 2.36. The van der Waals surface area contributed by atoms with Gasteiger partial charge in [0, 0.05) is 11.6 Å². The lowest BCUT2D eigenvalue weighted by molar-refractivity contribution is -0.144. The zero-order chi connectivity index (χ0) is 14.9. The number of halogens is 2. The quantitative estimate of drug-likeness (QED) is 0.880. The third kappa shape index (κ3) is 2.85. The fourth-order valence-corrected chi connectivity index (χ4v) is 2.78. The Hall–Kier alpha value is -1.82. The lowest BCUT2D eigenvalue weighted by Gasteiger charge is -2.37. The molecule has 1 heterocycles. The summed E-state index contributed by atoms with van der Waals surface area (Å²) in [5, 5.41) is 18.4. The molecule has 1 saturated heterocycles. The number of carboxylic acid groups (broad SMARTS) is 2. The Bertz CT molecular complexity index is 551. The monoisotopic (exact) mass is 301 g/mol. The second-order valence-electron chi connectivity index (χ2n) is 4.72. The molecule has 0 saturated carbocycles. The van der Waals surface area contributed by atoms with Crippen molar-refractivity contribution in [2.45, 2.75) is 18.9 Å². The minimum atomic E-state index is -1.14. The number of hydrogen-bond acceptors (Lipinski definition) is 2. The summed E-state index contributed by atoms with van der Waals surface area (Å²) in [7, 11) is 0. The molecule has 1 aliphatic heterocycles. The van der Waals surface area contributed by atoms with Gasteiger partial charge >= 0.3 is 12.1 Å². The molecule has 0 radical (unpaired) electrons. The smallest absolute Gasteiger partial charge is 0.407 e. The average Bonchev–Trinajstić information content (AvgIpc) is 2.37. The zero-order valence-electron chi connectivity index (χ0n) is 10.4. The topological polar surface area (TPSA) is 77.8 Å². The van der Waals surface area contributed by atoms with E-state index in [4.69, 9.17) is 16.7 Å². The van der Waals surface area contributed by atoms with Crippen LogP contribution in [-0.4, -0.2) is 33.7 Å². The van der Waals surface area contributed by atoms with Gasteiger partial charge < -0.3 is 15.1 Å². The zero-order valence-corrected chi connectivity index (χ0v) is 11.2. The van der Waals surface area contributed by atoms with Crippen LogP contribution in [0.2, 0.25) is 5.02 Å². The van der Waals surface area contributed by atoms with E-state index in [1.165, 1.54) is 12.1 Å². The van der Waals surface area contributed by atoms with Crippen LogP contribution in [0.4, 0.5) is 9.18 Å². The number of carboxylic acids is 1. The van der Waals surface area contributed by atoms with Crippen LogP contribution in [-0.2, 0) is 4.79 Å². The second-order valence-corrected chi connectivity index (χ2v) is 5.12. The molecular formula is C13H13ClFNO4. The molecule has 7 heteroatoms. The Morgan fingerprint density at radius 1 is 1.35 bits per heavy atom. The van der Waals surface area contributed by atoms with Crippen molar-refractivity contribution in [2.24, 2.45) is 5.92 Å². The van der Waals surface area contributed by atoms with Gasteiger partial charge in [-0.15, -0.1) is 0 Å². The molecule has 1 fully saturated rings. The van der Waals surface area contributed by atoms with Gasteiger partial charge in [-0.2, -0.15) is 0 Å². The van der Waals surface area contributed by atoms with Crippen LogP contribution in [0, 0.1) is 11.7 Å². The molecule has 108 valence electrons. The maximum absolute atomic E-state index is 13.1. The van der Waals surface area contributed by atoms with E-state index in [-0.39, 0.29) is 24.4 Å². The Morgan fingerprint density at radius 2 is 2.05 bits per heavy atom. The first-order valence-electron chi connectivity index (χ1n) is 6.07. The summed E-state index contributed by atoms with van der Waals surface area (Å²) in [5.74, 6) is -2.11. The van der Waals surface area contributed by atoms with Gasteiger partial charge in [0.05, 0.1) is 12.0 Å². The molecular weight excluding hydrogens is 289 g/mol.